The normalized spacial score (nSPS) is 20.3. The molecule has 2 atom stereocenters. The molecule has 0 aliphatic carbocycles. The van der Waals surface area contributed by atoms with E-state index in [4.69, 9.17) is 9.26 Å². The lowest BCUT2D eigenvalue weighted by Gasteiger charge is -2.18. The van der Waals surface area contributed by atoms with Gasteiger partial charge in [0, 0.05) is 24.0 Å². The second-order valence-corrected chi connectivity index (χ2v) is 6.00. The van der Waals surface area contributed by atoms with Gasteiger partial charge in [0.25, 0.3) is 0 Å². The van der Waals surface area contributed by atoms with Crippen LogP contribution >= 0.6 is 0 Å². The van der Waals surface area contributed by atoms with E-state index in [2.05, 4.69) is 10.5 Å². The monoisotopic (exact) mass is 336 g/mol. The highest BCUT2D eigenvalue weighted by atomic mass is 19.2. The summed E-state index contributed by atoms with van der Waals surface area (Å²) < 4.78 is 37.5. The van der Waals surface area contributed by atoms with Gasteiger partial charge in [-0.15, -0.1) is 0 Å². The number of ether oxygens (including phenoxy) is 1. The van der Waals surface area contributed by atoms with E-state index in [9.17, 15) is 13.6 Å². The number of benzene rings is 1. The predicted molar refractivity (Wildman–Crippen MR) is 81.2 cm³/mol. The van der Waals surface area contributed by atoms with Crippen molar-refractivity contribution in [3.05, 3.63) is 52.9 Å². The summed E-state index contributed by atoms with van der Waals surface area (Å²) in [6, 6.07) is 5.46. The summed E-state index contributed by atoms with van der Waals surface area (Å²) in [5.74, 6) is -1.52. The first-order valence-electron chi connectivity index (χ1n) is 7.75. The number of carbonyl (C=O) groups is 1. The van der Waals surface area contributed by atoms with Crippen molar-refractivity contribution in [3.63, 3.8) is 0 Å². The summed E-state index contributed by atoms with van der Waals surface area (Å²) in [5.41, 5.74) is 0.833. The quantitative estimate of drug-likeness (QED) is 0.909. The maximum absolute atomic E-state index is 13.6. The second-order valence-electron chi connectivity index (χ2n) is 6.00. The molecule has 128 valence electrons. The van der Waals surface area contributed by atoms with Crippen LogP contribution in [0.25, 0.3) is 0 Å². The highest BCUT2D eigenvalue weighted by Gasteiger charge is 2.30. The Hall–Kier alpha value is -2.28. The number of hydrogen-bond donors (Lipinski definition) is 1. The molecular weight excluding hydrogens is 318 g/mol. The molecule has 24 heavy (non-hydrogen) atoms. The lowest BCUT2D eigenvalue weighted by atomic mass is 9.98. The fourth-order valence-corrected chi connectivity index (χ4v) is 2.85. The number of nitrogens with zero attached hydrogens (tertiary/aromatic N) is 1. The average molecular weight is 336 g/mol. The fourth-order valence-electron chi connectivity index (χ4n) is 2.85. The molecule has 1 fully saturated rings. The van der Waals surface area contributed by atoms with E-state index < -0.39 is 11.6 Å². The van der Waals surface area contributed by atoms with Gasteiger partial charge in [0.15, 0.2) is 11.6 Å². The molecule has 1 aromatic heterocycles. The first kappa shape index (κ1) is 16.6. The van der Waals surface area contributed by atoms with Crippen LogP contribution in [0.2, 0.25) is 0 Å². The fraction of sp³-hybridized carbons (Fsp3) is 0.412. The van der Waals surface area contributed by atoms with Crippen LogP contribution < -0.4 is 5.32 Å². The largest absolute Gasteiger partial charge is 0.379 e. The number of aromatic nitrogens is 1. The molecule has 0 radical (unpaired) electrons. The molecule has 1 aromatic carbocycles. The third kappa shape index (κ3) is 3.79. The highest BCUT2D eigenvalue weighted by Crippen LogP contribution is 2.20. The van der Waals surface area contributed by atoms with Crippen LogP contribution in [0.5, 0.6) is 0 Å². The van der Waals surface area contributed by atoms with E-state index in [0.29, 0.717) is 19.6 Å². The number of rotatable bonds is 5. The van der Waals surface area contributed by atoms with Gasteiger partial charge in [-0.1, -0.05) is 17.3 Å². The van der Waals surface area contributed by atoms with Crippen molar-refractivity contribution in [1.29, 1.82) is 0 Å². The van der Waals surface area contributed by atoms with Gasteiger partial charge in [-0.3, -0.25) is 4.79 Å². The van der Waals surface area contributed by atoms with Crippen molar-refractivity contribution < 1.29 is 22.8 Å². The Morgan fingerprint density at radius 2 is 2.21 bits per heavy atom. The topological polar surface area (TPSA) is 64.4 Å². The molecular formula is C17H18F2N2O3. The van der Waals surface area contributed by atoms with E-state index in [1.54, 1.807) is 0 Å². The smallest absolute Gasteiger partial charge is 0.224 e. The van der Waals surface area contributed by atoms with E-state index >= 15 is 0 Å². The Balaban J connectivity index is 1.59. The first-order chi connectivity index (χ1) is 11.5. The molecule has 2 aromatic rings. The maximum Gasteiger partial charge on any atom is 0.224 e. The van der Waals surface area contributed by atoms with Gasteiger partial charge in [-0.2, -0.15) is 0 Å². The van der Waals surface area contributed by atoms with Crippen molar-refractivity contribution in [3.8, 4) is 0 Å². The molecule has 1 N–H and O–H groups in total. The summed E-state index contributed by atoms with van der Waals surface area (Å²) >= 11 is 0. The van der Waals surface area contributed by atoms with E-state index in [1.807, 2.05) is 13.0 Å². The minimum Gasteiger partial charge on any atom is -0.379 e. The average Bonchev–Trinajstić information content (AvgIpc) is 3.14. The third-order valence-electron chi connectivity index (χ3n) is 4.07. The molecule has 0 saturated carbocycles. The van der Waals surface area contributed by atoms with Crippen LogP contribution in [0.4, 0.5) is 8.78 Å². The summed E-state index contributed by atoms with van der Waals surface area (Å²) in [6.45, 7) is 2.72. The minimum absolute atomic E-state index is 0.0359. The summed E-state index contributed by atoms with van der Waals surface area (Å²) in [5, 5.41) is 6.67. The van der Waals surface area contributed by atoms with Gasteiger partial charge in [0.05, 0.1) is 31.4 Å². The molecule has 7 heteroatoms. The minimum atomic E-state index is -0.982. The standard InChI is InChI=1S/C17H18F2N2O3/c1-10-5-13(24-21-10)6-12-8-23-9-15(12)20-16(22)7-11-3-2-4-14(18)17(11)19/h2-5,12,15H,6-9H2,1H3,(H,20,22)/t12-,15+/m1/s1. The van der Waals surface area contributed by atoms with Crippen molar-refractivity contribution in [2.24, 2.45) is 5.92 Å². The van der Waals surface area contributed by atoms with Crippen LogP contribution in [0, 0.1) is 24.5 Å². The molecule has 0 spiro atoms. The Kier molecular flexibility index (Phi) is 4.89. The zero-order valence-corrected chi connectivity index (χ0v) is 13.2. The molecule has 1 saturated heterocycles. The van der Waals surface area contributed by atoms with Crippen molar-refractivity contribution in [2.45, 2.75) is 25.8 Å². The van der Waals surface area contributed by atoms with E-state index in [0.717, 1.165) is 17.5 Å². The molecule has 2 heterocycles. The Bertz CT molecular complexity index is 732. The van der Waals surface area contributed by atoms with Gasteiger partial charge in [-0.05, 0) is 13.0 Å². The summed E-state index contributed by atoms with van der Waals surface area (Å²) in [4.78, 5) is 12.1. The second kappa shape index (κ2) is 7.09. The Morgan fingerprint density at radius 3 is 2.96 bits per heavy atom. The first-order valence-corrected chi connectivity index (χ1v) is 7.75. The van der Waals surface area contributed by atoms with Crippen LogP contribution in [0.3, 0.4) is 0 Å². The van der Waals surface area contributed by atoms with Crippen LogP contribution in [0.1, 0.15) is 17.0 Å². The Morgan fingerprint density at radius 1 is 1.38 bits per heavy atom. The van der Waals surface area contributed by atoms with Gasteiger partial charge in [-0.25, -0.2) is 8.78 Å². The maximum atomic E-state index is 13.6. The van der Waals surface area contributed by atoms with Crippen molar-refractivity contribution in [2.75, 3.05) is 13.2 Å². The van der Waals surface area contributed by atoms with Gasteiger partial charge >= 0.3 is 0 Å². The summed E-state index contributed by atoms with van der Waals surface area (Å²) in [7, 11) is 0. The zero-order chi connectivity index (χ0) is 17.1. The predicted octanol–water partition coefficient (Wildman–Crippen LogP) is 2.18. The molecule has 5 nitrogen and oxygen atoms in total. The number of halogens is 2. The lowest BCUT2D eigenvalue weighted by molar-refractivity contribution is -0.121. The zero-order valence-electron chi connectivity index (χ0n) is 13.2. The molecule has 1 aliphatic heterocycles. The van der Waals surface area contributed by atoms with Gasteiger partial charge in [0.2, 0.25) is 5.91 Å². The molecule has 1 aliphatic rings. The number of nitrogens with one attached hydrogen (secondary N) is 1. The summed E-state index contributed by atoms with van der Waals surface area (Å²) in [6.07, 6.45) is 0.383. The highest BCUT2D eigenvalue weighted by molar-refractivity contribution is 5.79. The van der Waals surface area contributed by atoms with Crippen molar-refractivity contribution in [1.82, 2.24) is 10.5 Å². The molecule has 0 bridgehead atoms. The lowest BCUT2D eigenvalue weighted by Crippen LogP contribution is -2.41. The van der Waals surface area contributed by atoms with Gasteiger partial charge in [0.1, 0.15) is 5.76 Å². The van der Waals surface area contributed by atoms with Crippen LogP contribution in [-0.4, -0.2) is 30.3 Å². The van der Waals surface area contributed by atoms with Crippen molar-refractivity contribution >= 4 is 5.91 Å². The van der Waals surface area contributed by atoms with Crippen LogP contribution in [-0.2, 0) is 22.4 Å². The number of carbonyl (C=O) groups excluding carboxylic acids is 1. The molecule has 3 rings (SSSR count). The molecule has 0 unspecified atom stereocenters. The van der Waals surface area contributed by atoms with E-state index in [-0.39, 0.29) is 29.9 Å². The SMILES string of the molecule is Cc1cc(C[C@@H]2COC[C@@H]2NC(=O)Cc2cccc(F)c2F)on1. The third-order valence-corrected chi connectivity index (χ3v) is 4.07. The Labute approximate surface area is 138 Å². The number of aryl methyl sites for hydroxylation is 1. The number of amides is 1. The van der Waals surface area contributed by atoms with E-state index in [1.165, 1.54) is 12.1 Å². The van der Waals surface area contributed by atoms with Gasteiger partial charge < -0.3 is 14.6 Å². The number of hydrogen-bond acceptors (Lipinski definition) is 4. The molecule has 1 amide bonds. The van der Waals surface area contributed by atoms with Crippen LogP contribution in [0.15, 0.2) is 28.8 Å².